The Hall–Kier alpha value is -1.99. The maximum Gasteiger partial charge on any atom is 0.193 e. The van der Waals surface area contributed by atoms with Crippen molar-refractivity contribution in [3.8, 4) is 5.75 Å². The van der Waals surface area contributed by atoms with Crippen molar-refractivity contribution in [1.82, 2.24) is 15.1 Å². The molecule has 0 bridgehead atoms. The number of anilines is 1. The van der Waals surface area contributed by atoms with Gasteiger partial charge in [0.25, 0.3) is 0 Å². The molecule has 4 rings (SSSR count). The van der Waals surface area contributed by atoms with E-state index >= 15 is 0 Å². The Morgan fingerprint density at radius 1 is 1.22 bits per heavy atom. The summed E-state index contributed by atoms with van der Waals surface area (Å²) in [5.41, 5.74) is 0.913. The predicted octanol–water partition coefficient (Wildman–Crippen LogP) is 0.953. The molecule has 3 fully saturated rings. The molecule has 27 heavy (non-hydrogen) atoms. The zero-order chi connectivity index (χ0) is 18.6. The smallest absolute Gasteiger partial charge is 0.193 e. The molecular weight excluding hydrogens is 342 g/mol. The number of fused-ring (bicyclic) bond motifs is 1. The normalized spacial score (nSPS) is 26.9. The molecule has 7 heteroatoms. The number of nitrogens with one attached hydrogen (secondary N) is 1. The Morgan fingerprint density at radius 2 is 2.04 bits per heavy atom. The van der Waals surface area contributed by atoms with E-state index < -0.39 is 0 Å². The van der Waals surface area contributed by atoms with Gasteiger partial charge in [-0.3, -0.25) is 9.89 Å². The Balaban J connectivity index is 1.26. The van der Waals surface area contributed by atoms with Gasteiger partial charge in [-0.1, -0.05) is 12.1 Å². The largest absolute Gasteiger partial charge is 0.506 e. The number of nitrogens with zero attached hydrogens (tertiary/aromatic N) is 4. The van der Waals surface area contributed by atoms with Crippen molar-refractivity contribution in [2.45, 2.75) is 25.0 Å². The highest BCUT2D eigenvalue weighted by atomic mass is 16.5. The van der Waals surface area contributed by atoms with Crippen LogP contribution >= 0.6 is 0 Å². The average Bonchev–Trinajstić information content (AvgIpc) is 3.17. The van der Waals surface area contributed by atoms with Crippen molar-refractivity contribution in [3.05, 3.63) is 24.3 Å². The molecule has 0 aliphatic carbocycles. The lowest BCUT2D eigenvalue weighted by atomic mass is 10.2. The molecule has 0 saturated carbocycles. The summed E-state index contributed by atoms with van der Waals surface area (Å²) in [6.45, 7) is 7.41. The number of hydrogen-bond acceptors (Lipinski definition) is 5. The third-order valence-corrected chi connectivity index (χ3v) is 5.96. The number of phenols is 1. The first kappa shape index (κ1) is 18.4. The molecule has 2 unspecified atom stereocenters. The SMILES string of the molecule is CN=C(NCC1CN2CCCC2CO1)N1CCN(c2ccccc2O)CC1. The standard InChI is InChI=1S/C20H31N5O2/c1-21-20(22-13-17-14-25-8-4-5-16(25)15-27-17)24-11-9-23(10-12-24)18-6-2-3-7-19(18)26/h2-3,6-7,16-17,26H,4-5,8-15H2,1H3,(H,21,22). The Kier molecular flexibility index (Phi) is 5.69. The van der Waals surface area contributed by atoms with E-state index in [1.807, 2.05) is 25.2 Å². The van der Waals surface area contributed by atoms with E-state index in [4.69, 9.17) is 4.74 Å². The number of hydrogen-bond donors (Lipinski definition) is 2. The molecule has 0 spiro atoms. The van der Waals surface area contributed by atoms with E-state index in [1.54, 1.807) is 6.07 Å². The zero-order valence-corrected chi connectivity index (χ0v) is 16.2. The number of rotatable bonds is 3. The molecule has 0 radical (unpaired) electrons. The summed E-state index contributed by atoms with van der Waals surface area (Å²) in [5.74, 6) is 1.29. The van der Waals surface area contributed by atoms with E-state index in [9.17, 15) is 5.11 Å². The van der Waals surface area contributed by atoms with Crippen LogP contribution in [0.15, 0.2) is 29.3 Å². The molecule has 3 aliphatic heterocycles. The zero-order valence-electron chi connectivity index (χ0n) is 16.2. The molecule has 2 atom stereocenters. The maximum absolute atomic E-state index is 10.1. The van der Waals surface area contributed by atoms with E-state index in [2.05, 4.69) is 25.0 Å². The van der Waals surface area contributed by atoms with Gasteiger partial charge in [-0.25, -0.2) is 0 Å². The molecule has 7 nitrogen and oxygen atoms in total. The number of aromatic hydroxyl groups is 1. The van der Waals surface area contributed by atoms with Gasteiger partial charge in [0, 0.05) is 52.4 Å². The number of ether oxygens (including phenoxy) is 1. The lowest BCUT2D eigenvalue weighted by molar-refractivity contribution is -0.0454. The minimum absolute atomic E-state index is 0.235. The van der Waals surface area contributed by atoms with Crippen LogP contribution in [0.3, 0.4) is 0 Å². The monoisotopic (exact) mass is 373 g/mol. The Labute approximate surface area is 161 Å². The van der Waals surface area contributed by atoms with Crippen molar-refractivity contribution in [3.63, 3.8) is 0 Å². The van der Waals surface area contributed by atoms with E-state index in [1.165, 1.54) is 19.4 Å². The number of benzene rings is 1. The summed E-state index contributed by atoms with van der Waals surface area (Å²) in [4.78, 5) is 11.6. The molecule has 1 aromatic rings. The van der Waals surface area contributed by atoms with Gasteiger partial charge in [0.1, 0.15) is 5.75 Å². The maximum atomic E-state index is 10.1. The quantitative estimate of drug-likeness (QED) is 0.608. The number of morpholine rings is 1. The first-order valence-corrected chi connectivity index (χ1v) is 10.1. The number of guanidine groups is 1. The molecule has 0 amide bonds. The molecule has 3 saturated heterocycles. The van der Waals surface area contributed by atoms with Crippen LogP contribution in [0.1, 0.15) is 12.8 Å². The van der Waals surface area contributed by atoms with E-state index in [0.717, 1.165) is 57.5 Å². The molecule has 148 valence electrons. The van der Waals surface area contributed by atoms with Crippen LogP contribution in [0.5, 0.6) is 5.75 Å². The van der Waals surface area contributed by atoms with Gasteiger partial charge in [0.05, 0.1) is 18.4 Å². The average molecular weight is 374 g/mol. The van der Waals surface area contributed by atoms with Crippen molar-refractivity contribution in [1.29, 1.82) is 0 Å². The topological polar surface area (TPSA) is 63.6 Å². The lowest BCUT2D eigenvalue weighted by Crippen LogP contribution is -2.55. The second-order valence-electron chi connectivity index (χ2n) is 7.64. The van der Waals surface area contributed by atoms with Gasteiger partial charge >= 0.3 is 0 Å². The third-order valence-electron chi connectivity index (χ3n) is 5.96. The summed E-state index contributed by atoms with van der Waals surface area (Å²) in [5, 5.41) is 13.6. The van der Waals surface area contributed by atoms with Gasteiger partial charge in [0.15, 0.2) is 5.96 Å². The highest BCUT2D eigenvalue weighted by Crippen LogP contribution is 2.27. The van der Waals surface area contributed by atoms with Crippen LogP contribution in [-0.4, -0.2) is 92.5 Å². The van der Waals surface area contributed by atoms with Gasteiger partial charge in [-0.05, 0) is 31.5 Å². The number of aliphatic imine (C=N–C) groups is 1. The Bertz CT molecular complexity index is 660. The van der Waals surface area contributed by atoms with Crippen LogP contribution in [-0.2, 0) is 4.74 Å². The summed E-state index contributed by atoms with van der Waals surface area (Å²) in [6, 6.07) is 8.19. The fraction of sp³-hybridized carbons (Fsp3) is 0.650. The molecule has 3 aliphatic rings. The van der Waals surface area contributed by atoms with Crippen molar-refractivity contribution in [2.24, 2.45) is 4.99 Å². The van der Waals surface area contributed by atoms with E-state index in [-0.39, 0.29) is 6.10 Å². The number of piperazine rings is 1. The van der Waals surface area contributed by atoms with Crippen LogP contribution in [0.2, 0.25) is 0 Å². The summed E-state index contributed by atoms with van der Waals surface area (Å²) in [7, 11) is 1.84. The summed E-state index contributed by atoms with van der Waals surface area (Å²) >= 11 is 0. The molecule has 1 aromatic carbocycles. The van der Waals surface area contributed by atoms with Crippen LogP contribution in [0, 0.1) is 0 Å². The second-order valence-corrected chi connectivity index (χ2v) is 7.64. The molecular formula is C20H31N5O2. The van der Waals surface area contributed by atoms with Crippen LogP contribution < -0.4 is 10.2 Å². The van der Waals surface area contributed by atoms with Crippen molar-refractivity contribution in [2.75, 3.05) is 64.4 Å². The van der Waals surface area contributed by atoms with Crippen LogP contribution in [0.4, 0.5) is 5.69 Å². The minimum atomic E-state index is 0.235. The van der Waals surface area contributed by atoms with Gasteiger partial charge in [0.2, 0.25) is 0 Å². The van der Waals surface area contributed by atoms with Crippen molar-refractivity contribution < 1.29 is 9.84 Å². The first-order valence-electron chi connectivity index (χ1n) is 10.1. The second kappa shape index (κ2) is 8.35. The molecule has 3 heterocycles. The molecule has 2 N–H and O–H groups in total. The van der Waals surface area contributed by atoms with E-state index in [0.29, 0.717) is 11.8 Å². The van der Waals surface area contributed by atoms with Gasteiger partial charge in [-0.2, -0.15) is 0 Å². The third kappa shape index (κ3) is 4.14. The Morgan fingerprint density at radius 3 is 2.81 bits per heavy atom. The highest BCUT2D eigenvalue weighted by molar-refractivity contribution is 5.80. The number of phenolic OH excluding ortho intramolecular Hbond substituents is 1. The number of para-hydroxylation sites is 2. The lowest BCUT2D eigenvalue weighted by Gasteiger charge is -2.39. The predicted molar refractivity (Wildman–Crippen MR) is 108 cm³/mol. The van der Waals surface area contributed by atoms with Gasteiger partial charge < -0.3 is 25.0 Å². The fourth-order valence-electron chi connectivity index (χ4n) is 4.44. The fourth-order valence-corrected chi connectivity index (χ4v) is 4.44. The van der Waals surface area contributed by atoms with Crippen LogP contribution in [0.25, 0.3) is 0 Å². The van der Waals surface area contributed by atoms with Gasteiger partial charge in [-0.15, -0.1) is 0 Å². The summed E-state index contributed by atoms with van der Waals surface area (Å²) in [6.07, 6.45) is 2.82. The summed E-state index contributed by atoms with van der Waals surface area (Å²) < 4.78 is 6.05. The highest BCUT2D eigenvalue weighted by Gasteiger charge is 2.32. The molecule has 0 aromatic heterocycles. The minimum Gasteiger partial charge on any atom is -0.506 e. The van der Waals surface area contributed by atoms with Crippen molar-refractivity contribution >= 4 is 11.6 Å². The first-order chi connectivity index (χ1) is 13.2.